The van der Waals surface area contributed by atoms with E-state index in [9.17, 15) is 9.59 Å². The first kappa shape index (κ1) is 20.1. The smallest absolute Gasteiger partial charge is 0.411 e. The van der Waals surface area contributed by atoms with Gasteiger partial charge >= 0.3 is 6.09 Å². The zero-order valence-corrected chi connectivity index (χ0v) is 15.7. The molecule has 0 aliphatic carbocycles. The van der Waals surface area contributed by atoms with Crippen molar-refractivity contribution in [3.05, 3.63) is 48.0 Å². The molecule has 0 fully saturated rings. The zero-order chi connectivity index (χ0) is 19.6. The van der Waals surface area contributed by atoms with Crippen LogP contribution in [0.25, 0.3) is 0 Å². The van der Waals surface area contributed by atoms with Crippen molar-refractivity contribution in [3.63, 3.8) is 0 Å². The fraction of sp³-hybridized carbons (Fsp3) is 0.300. The van der Waals surface area contributed by atoms with Crippen LogP contribution in [0.2, 0.25) is 0 Å². The van der Waals surface area contributed by atoms with E-state index >= 15 is 0 Å². The molecule has 0 heterocycles. The predicted molar refractivity (Wildman–Crippen MR) is 104 cm³/mol. The summed E-state index contributed by atoms with van der Waals surface area (Å²) in [4.78, 5) is 23.7. The Morgan fingerprint density at radius 1 is 0.963 bits per heavy atom. The molecule has 0 aliphatic rings. The minimum absolute atomic E-state index is 0.112. The molecule has 7 heteroatoms. The molecule has 0 atom stereocenters. The highest BCUT2D eigenvalue weighted by atomic mass is 16.5. The molecular formula is C20H24N2O5. The number of carbonyl (C=O) groups excluding carboxylic acids is 2. The van der Waals surface area contributed by atoms with E-state index in [0.29, 0.717) is 30.0 Å². The first-order chi connectivity index (χ1) is 13.0. The number of carbonyl (C=O) groups is 2. The van der Waals surface area contributed by atoms with Gasteiger partial charge in [-0.25, -0.2) is 4.79 Å². The standard InChI is InChI=1S/C20H24N2O5/c1-4-27-20(24)22-17-11-8-15(13-18(17)26-3)21-19(23)12-7-14-5-9-16(25-2)10-6-14/h5-6,8-11,13H,4,7,12H2,1-3H3,(H,21,23)(H,22,24). The molecule has 7 nitrogen and oxygen atoms in total. The van der Waals surface area contributed by atoms with E-state index in [-0.39, 0.29) is 12.5 Å². The van der Waals surface area contributed by atoms with Crippen molar-refractivity contribution in [2.45, 2.75) is 19.8 Å². The van der Waals surface area contributed by atoms with E-state index in [2.05, 4.69) is 10.6 Å². The Labute approximate surface area is 158 Å². The number of rotatable bonds is 8. The van der Waals surface area contributed by atoms with Crippen molar-refractivity contribution >= 4 is 23.4 Å². The summed E-state index contributed by atoms with van der Waals surface area (Å²) < 4.78 is 15.2. The van der Waals surface area contributed by atoms with Crippen LogP contribution in [0.3, 0.4) is 0 Å². The first-order valence-corrected chi connectivity index (χ1v) is 8.60. The molecule has 27 heavy (non-hydrogen) atoms. The van der Waals surface area contributed by atoms with Gasteiger partial charge < -0.3 is 19.5 Å². The summed E-state index contributed by atoms with van der Waals surface area (Å²) >= 11 is 0. The molecule has 2 N–H and O–H groups in total. The van der Waals surface area contributed by atoms with E-state index in [1.807, 2.05) is 24.3 Å². The SMILES string of the molecule is CCOC(=O)Nc1ccc(NC(=O)CCc2ccc(OC)cc2)cc1OC. The van der Waals surface area contributed by atoms with Crippen molar-refractivity contribution in [1.29, 1.82) is 0 Å². The summed E-state index contributed by atoms with van der Waals surface area (Å²) in [5, 5.41) is 5.42. The largest absolute Gasteiger partial charge is 0.497 e. The van der Waals surface area contributed by atoms with Crippen LogP contribution in [0.15, 0.2) is 42.5 Å². The number of hydrogen-bond acceptors (Lipinski definition) is 5. The van der Waals surface area contributed by atoms with E-state index in [1.165, 1.54) is 7.11 Å². The average molecular weight is 372 g/mol. The number of amides is 2. The number of anilines is 2. The summed E-state index contributed by atoms with van der Waals surface area (Å²) in [5.74, 6) is 1.10. The maximum absolute atomic E-state index is 12.2. The van der Waals surface area contributed by atoms with Crippen LogP contribution in [-0.4, -0.2) is 32.8 Å². The van der Waals surface area contributed by atoms with Crippen LogP contribution >= 0.6 is 0 Å². The topological polar surface area (TPSA) is 85.9 Å². The third-order valence-electron chi connectivity index (χ3n) is 3.80. The van der Waals surface area contributed by atoms with Crippen LogP contribution < -0.4 is 20.1 Å². The van der Waals surface area contributed by atoms with Gasteiger partial charge in [0.15, 0.2) is 0 Å². The second kappa shape index (κ2) is 10.1. The molecule has 0 saturated heterocycles. The predicted octanol–water partition coefficient (Wildman–Crippen LogP) is 3.84. The van der Waals surface area contributed by atoms with Gasteiger partial charge in [0, 0.05) is 18.2 Å². The van der Waals surface area contributed by atoms with Gasteiger partial charge in [0.05, 0.1) is 26.5 Å². The minimum Gasteiger partial charge on any atom is -0.497 e. The molecule has 0 bridgehead atoms. The molecule has 2 amide bonds. The Hall–Kier alpha value is -3.22. The summed E-state index contributed by atoms with van der Waals surface area (Å²) in [7, 11) is 3.10. The van der Waals surface area contributed by atoms with Crippen LogP contribution in [0.4, 0.5) is 16.2 Å². The fourth-order valence-corrected chi connectivity index (χ4v) is 2.42. The third-order valence-corrected chi connectivity index (χ3v) is 3.80. The van der Waals surface area contributed by atoms with Gasteiger partial charge in [0.2, 0.25) is 5.91 Å². The van der Waals surface area contributed by atoms with Gasteiger partial charge in [-0.1, -0.05) is 12.1 Å². The van der Waals surface area contributed by atoms with Crippen molar-refractivity contribution in [2.75, 3.05) is 31.5 Å². The number of ether oxygens (including phenoxy) is 3. The number of methoxy groups -OCH3 is 2. The second-order valence-electron chi connectivity index (χ2n) is 5.66. The van der Waals surface area contributed by atoms with Crippen molar-refractivity contribution < 1.29 is 23.8 Å². The van der Waals surface area contributed by atoms with Crippen molar-refractivity contribution in [2.24, 2.45) is 0 Å². The van der Waals surface area contributed by atoms with Gasteiger partial charge in [-0.05, 0) is 43.2 Å². The lowest BCUT2D eigenvalue weighted by molar-refractivity contribution is -0.116. The Balaban J connectivity index is 1.93. The maximum Gasteiger partial charge on any atom is 0.411 e. The van der Waals surface area contributed by atoms with Crippen LogP contribution in [0.5, 0.6) is 11.5 Å². The Morgan fingerprint density at radius 2 is 1.70 bits per heavy atom. The van der Waals surface area contributed by atoms with Gasteiger partial charge in [-0.2, -0.15) is 0 Å². The number of aryl methyl sites for hydroxylation is 1. The summed E-state index contributed by atoms with van der Waals surface area (Å²) in [5.41, 5.74) is 2.10. The molecule has 144 valence electrons. The zero-order valence-electron chi connectivity index (χ0n) is 15.7. The molecule has 0 unspecified atom stereocenters. The lowest BCUT2D eigenvalue weighted by atomic mass is 10.1. The Morgan fingerprint density at radius 3 is 2.33 bits per heavy atom. The maximum atomic E-state index is 12.2. The second-order valence-corrected chi connectivity index (χ2v) is 5.66. The minimum atomic E-state index is -0.563. The Bertz CT molecular complexity index is 774. The normalized spacial score (nSPS) is 10.0. The molecule has 0 saturated carbocycles. The van der Waals surface area contributed by atoms with E-state index in [4.69, 9.17) is 14.2 Å². The number of hydrogen-bond donors (Lipinski definition) is 2. The van der Waals surface area contributed by atoms with E-state index < -0.39 is 6.09 Å². The van der Waals surface area contributed by atoms with E-state index in [1.54, 1.807) is 32.2 Å². The summed E-state index contributed by atoms with van der Waals surface area (Å²) in [6, 6.07) is 12.6. The van der Waals surface area contributed by atoms with Crippen LogP contribution in [0.1, 0.15) is 18.9 Å². The molecule has 0 aromatic heterocycles. The van der Waals surface area contributed by atoms with E-state index in [0.717, 1.165) is 11.3 Å². The van der Waals surface area contributed by atoms with Gasteiger partial charge in [-0.15, -0.1) is 0 Å². The molecule has 2 aromatic rings. The van der Waals surface area contributed by atoms with Gasteiger partial charge in [0.25, 0.3) is 0 Å². The molecule has 0 aliphatic heterocycles. The molecule has 0 spiro atoms. The third kappa shape index (κ3) is 6.22. The van der Waals surface area contributed by atoms with Crippen molar-refractivity contribution in [1.82, 2.24) is 0 Å². The highest BCUT2D eigenvalue weighted by Crippen LogP contribution is 2.28. The lowest BCUT2D eigenvalue weighted by Crippen LogP contribution is -2.15. The quantitative estimate of drug-likeness (QED) is 0.735. The molecule has 0 radical (unpaired) electrons. The highest BCUT2D eigenvalue weighted by molar-refractivity contribution is 5.92. The number of benzene rings is 2. The first-order valence-electron chi connectivity index (χ1n) is 8.60. The summed E-state index contributed by atoms with van der Waals surface area (Å²) in [6.45, 7) is 2.00. The van der Waals surface area contributed by atoms with Crippen molar-refractivity contribution in [3.8, 4) is 11.5 Å². The van der Waals surface area contributed by atoms with Crippen LogP contribution in [-0.2, 0) is 16.0 Å². The monoisotopic (exact) mass is 372 g/mol. The fourth-order valence-electron chi connectivity index (χ4n) is 2.42. The molecular weight excluding hydrogens is 348 g/mol. The highest BCUT2D eigenvalue weighted by Gasteiger charge is 2.10. The van der Waals surface area contributed by atoms with Gasteiger partial charge in [-0.3, -0.25) is 10.1 Å². The Kier molecular flexibility index (Phi) is 7.49. The molecule has 2 aromatic carbocycles. The summed E-state index contributed by atoms with van der Waals surface area (Å²) in [6.07, 6.45) is 0.402. The average Bonchev–Trinajstić information content (AvgIpc) is 2.68. The number of nitrogens with one attached hydrogen (secondary N) is 2. The van der Waals surface area contributed by atoms with Gasteiger partial charge in [0.1, 0.15) is 11.5 Å². The van der Waals surface area contributed by atoms with Crippen LogP contribution in [0, 0.1) is 0 Å². The lowest BCUT2D eigenvalue weighted by Gasteiger charge is -2.12. The molecule has 2 rings (SSSR count).